The van der Waals surface area contributed by atoms with Crippen LogP contribution >= 0.6 is 0 Å². The quantitative estimate of drug-likeness (QED) is 0.619. The first-order chi connectivity index (χ1) is 14.8. The minimum atomic E-state index is 0.0124. The lowest BCUT2D eigenvalue weighted by Gasteiger charge is -2.36. The molecule has 4 rings (SSSR count). The summed E-state index contributed by atoms with van der Waals surface area (Å²) in [6.07, 6.45) is 0. The van der Waals surface area contributed by atoms with Gasteiger partial charge in [0.25, 0.3) is 5.91 Å². The lowest BCUT2D eigenvalue weighted by molar-refractivity contribution is 0.0741. The summed E-state index contributed by atoms with van der Waals surface area (Å²) in [4.78, 5) is 17.4. The van der Waals surface area contributed by atoms with Gasteiger partial charge in [-0.15, -0.1) is 0 Å². The van der Waals surface area contributed by atoms with Gasteiger partial charge in [-0.2, -0.15) is 0 Å². The van der Waals surface area contributed by atoms with Gasteiger partial charge >= 0.3 is 0 Å². The number of amides is 1. The Hall–Kier alpha value is -3.47. The van der Waals surface area contributed by atoms with Crippen LogP contribution in [0.2, 0.25) is 0 Å². The zero-order chi connectivity index (χ0) is 20.8. The van der Waals surface area contributed by atoms with Crippen LogP contribution in [0, 0.1) is 0 Å². The smallest absolute Gasteiger partial charge is 0.257 e. The van der Waals surface area contributed by atoms with Crippen molar-refractivity contribution in [2.45, 2.75) is 6.61 Å². The third kappa shape index (κ3) is 4.40. The summed E-state index contributed by atoms with van der Waals surface area (Å²) in [5.74, 6) is 1.49. The van der Waals surface area contributed by atoms with Crippen molar-refractivity contribution >= 4 is 11.6 Å². The van der Waals surface area contributed by atoms with Crippen molar-refractivity contribution in [3.63, 3.8) is 0 Å². The number of rotatable bonds is 6. The van der Waals surface area contributed by atoms with E-state index in [9.17, 15) is 4.79 Å². The SMILES string of the molecule is COc1ccccc1N1CCN(C(=O)c2ccccc2OCc2ccccc2)CC1. The molecule has 1 saturated heterocycles. The highest BCUT2D eigenvalue weighted by atomic mass is 16.5. The Labute approximate surface area is 177 Å². The summed E-state index contributed by atoms with van der Waals surface area (Å²) in [6.45, 7) is 3.28. The number of piperazine rings is 1. The highest BCUT2D eigenvalue weighted by Crippen LogP contribution is 2.29. The first kappa shape index (κ1) is 19.8. The van der Waals surface area contributed by atoms with E-state index in [0.29, 0.717) is 31.0 Å². The molecular formula is C25H26N2O3. The molecule has 5 nitrogen and oxygen atoms in total. The van der Waals surface area contributed by atoms with Crippen LogP contribution in [0.1, 0.15) is 15.9 Å². The van der Waals surface area contributed by atoms with Crippen molar-refractivity contribution in [1.29, 1.82) is 0 Å². The van der Waals surface area contributed by atoms with E-state index in [1.807, 2.05) is 77.7 Å². The number of hydrogen-bond acceptors (Lipinski definition) is 4. The molecule has 1 aliphatic rings. The van der Waals surface area contributed by atoms with Crippen molar-refractivity contribution in [1.82, 2.24) is 4.90 Å². The van der Waals surface area contributed by atoms with Gasteiger partial charge in [0.15, 0.2) is 0 Å². The first-order valence-electron chi connectivity index (χ1n) is 10.2. The Kier molecular flexibility index (Phi) is 6.18. The molecule has 1 amide bonds. The number of carbonyl (C=O) groups excluding carboxylic acids is 1. The molecule has 30 heavy (non-hydrogen) atoms. The zero-order valence-electron chi connectivity index (χ0n) is 17.2. The van der Waals surface area contributed by atoms with Gasteiger partial charge in [0.1, 0.15) is 18.1 Å². The van der Waals surface area contributed by atoms with Crippen LogP contribution in [-0.4, -0.2) is 44.1 Å². The Morgan fingerprint density at radius 2 is 1.43 bits per heavy atom. The maximum Gasteiger partial charge on any atom is 0.257 e. The first-order valence-corrected chi connectivity index (χ1v) is 10.2. The predicted molar refractivity (Wildman–Crippen MR) is 118 cm³/mol. The number of methoxy groups -OCH3 is 1. The molecule has 0 N–H and O–H groups in total. The van der Waals surface area contributed by atoms with E-state index in [-0.39, 0.29) is 5.91 Å². The van der Waals surface area contributed by atoms with Crippen LogP contribution in [0.4, 0.5) is 5.69 Å². The second-order valence-corrected chi connectivity index (χ2v) is 7.22. The van der Waals surface area contributed by atoms with Crippen LogP contribution in [-0.2, 0) is 6.61 Å². The van der Waals surface area contributed by atoms with Gasteiger partial charge in [0, 0.05) is 26.2 Å². The Morgan fingerprint density at radius 1 is 0.800 bits per heavy atom. The fourth-order valence-electron chi connectivity index (χ4n) is 3.72. The number of para-hydroxylation sites is 3. The van der Waals surface area contributed by atoms with E-state index in [1.165, 1.54) is 0 Å². The van der Waals surface area contributed by atoms with Gasteiger partial charge in [0.2, 0.25) is 0 Å². The number of benzene rings is 3. The molecule has 3 aromatic rings. The monoisotopic (exact) mass is 402 g/mol. The molecule has 0 saturated carbocycles. The third-order valence-corrected chi connectivity index (χ3v) is 5.35. The second-order valence-electron chi connectivity index (χ2n) is 7.22. The minimum absolute atomic E-state index is 0.0124. The van der Waals surface area contributed by atoms with E-state index in [0.717, 1.165) is 30.1 Å². The van der Waals surface area contributed by atoms with Crippen LogP contribution < -0.4 is 14.4 Å². The Bertz CT molecular complexity index is 982. The number of anilines is 1. The van der Waals surface area contributed by atoms with Crippen LogP contribution in [0.5, 0.6) is 11.5 Å². The molecule has 0 radical (unpaired) electrons. The molecule has 0 aliphatic carbocycles. The second kappa shape index (κ2) is 9.35. The lowest BCUT2D eigenvalue weighted by Crippen LogP contribution is -2.49. The summed E-state index contributed by atoms with van der Waals surface area (Å²) < 4.78 is 11.5. The Balaban J connectivity index is 1.42. The average molecular weight is 402 g/mol. The highest BCUT2D eigenvalue weighted by molar-refractivity contribution is 5.97. The summed E-state index contributed by atoms with van der Waals surface area (Å²) in [5.41, 5.74) is 2.75. The van der Waals surface area contributed by atoms with Gasteiger partial charge in [-0.1, -0.05) is 54.6 Å². The van der Waals surface area contributed by atoms with Crippen molar-refractivity contribution in [2.75, 3.05) is 38.2 Å². The average Bonchev–Trinajstić information content (AvgIpc) is 2.83. The molecule has 154 valence electrons. The summed E-state index contributed by atoms with van der Waals surface area (Å²) in [6, 6.07) is 25.5. The molecule has 1 heterocycles. The molecule has 1 aliphatic heterocycles. The van der Waals surface area contributed by atoms with Gasteiger partial charge in [0.05, 0.1) is 18.4 Å². The number of carbonyl (C=O) groups is 1. The maximum absolute atomic E-state index is 13.2. The van der Waals surface area contributed by atoms with E-state index in [2.05, 4.69) is 11.0 Å². The maximum atomic E-state index is 13.2. The molecular weight excluding hydrogens is 376 g/mol. The van der Waals surface area contributed by atoms with Gasteiger partial charge in [-0.05, 0) is 29.8 Å². The predicted octanol–water partition coefficient (Wildman–Crippen LogP) is 4.24. The fourth-order valence-corrected chi connectivity index (χ4v) is 3.72. The molecule has 0 atom stereocenters. The molecule has 0 bridgehead atoms. The number of hydrogen-bond donors (Lipinski definition) is 0. The molecule has 0 spiro atoms. The topological polar surface area (TPSA) is 42.0 Å². The van der Waals surface area contributed by atoms with E-state index >= 15 is 0 Å². The molecule has 0 aromatic heterocycles. The largest absolute Gasteiger partial charge is 0.495 e. The minimum Gasteiger partial charge on any atom is -0.495 e. The van der Waals surface area contributed by atoms with Gasteiger partial charge in [-0.3, -0.25) is 4.79 Å². The molecule has 0 unspecified atom stereocenters. The normalized spacial score (nSPS) is 13.8. The van der Waals surface area contributed by atoms with Crippen molar-refractivity contribution < 1.29 is 14.3 Å². The van der Waals surface area contributed by atoms with E-state index in [4.69, 9.17) is 9.47 Å². The fraction of sp³-hybridized carbons (Fsp3) is 0.240. The van der Waals surface area contributed by atoms with Crippen molar-refractivity contribution in [3.8, 4) is 11.5 Å². The standard InChI is InChI=1S/C25H26N2O3/c1-29-24-14-8-6-12-22(24)26-15-17-27(18-16-26)25(28)21-11-5-7-13-23(21)30-19-20-9-3-2-4-10-20/h2-14H,15-19H2,1H3. The van der Waals surface area contributed by atoms with Crippen molar-refractivity contribution in [3.05, 3.63) is 90.0 Å². The van der Waals surface area contributed by atoms with Crippen LogP contribution in [0.3, 0.4) is 0 Å². The zero-order valence-corrected chi connectivity index (χ0v) is 17.2. The van der Waals surface area contributed by atoms with Crippen molar-refractivity contribution in [2.24, 2.45) is 0 Å². The van der Waals surface area contributed by atoms with E-state index < -0.39 is 0 Å². The molecule has 3 aromatic carbocycles. The van der Waals surface area contributed by atoms with Gasteiger partial charge < -0.3 is 19.3 Å². The van der Waals surface area contributed by atoms with Crippen LogP contribution in [0.15, 0.2) is 78.9 Å². The molecule has 1 fully saturated rings. The highest BCUT2D eigenvalue weighted by Gasteiger charge is 2.25. The van der Waals surface area contributed by atoms with Gasteiger partial charge in [-0.25, -0.2) is 0 Å². The lowest BCUT2D eigenvalue weighted by atomic mass is 10.1. The van der Waals surface area contributed by atoms with Crippen LogP contribution in [0.25, 0.3) is 0 Å². The molecule has 5 heteroatoms. The third-order valence-electron chi connectivity index (χ3n) is 5.35. The summed E-state index contributed by atoms with van der Waals surface area (Å²) in [7, 11) is 1.69. The summed E-state index contributed by atoms with van der Waals surface area (Å²) >= 11 is 0. The number of nitrogens with zero attached hydrogens (tertiary/aromatic N) is 2. The van der Waals surface area contributed by atoms with E-state index in [1.54, 1.807) is 7.11 Å². The Morgan fingerprint density at radius 3 is 2.17 bits per heavy atom. The number of ether oxygens (including phenoxy) is 2. The summed E-state index contributed by atoms with van der Waals surface area (Å²) in [5, 5.41) is 0.